The molecule has 0 aliphatic heterocycles. The van der Waals surface area contributed by atoms with Crippen LogP contribution in [0.25, 0.3) is 0 Å². The van der Waals surface area contributed by atoms with Gasteiger partial charge in [-0.15, -0.1) is 0 Å². The van der Waals surface area contributed by atoms with Crippen molar-refractivity contribution in [2.24, 2.45) is 0 Å². The van der Waals surface area contributed by atoms with Crippen LogP contribution >= 0.6 is 0 Å². The smallest absolute Gasteiger partial charge is 0.319 e. The minimum Gasteiger partial charge on any atom is -0.330 e. The van der Waals surface area contributed by atoms with Crippen LogP contribution in [0.1, 0.15) is 25.5 Å². The molecule has 2 N–H and O–H groups in total. The molecule has 0 fully saturated rings. The molecule has 0 saturated carbocycles. The summed E-state index contributed by atoms with van der Waals surface area (Å²) >= 11 is 0. The summed E-state index contributed by atoms with van der Waals surface area (Å²) in [7, 11) is 0. The Morgan fingerprint density at radius 1 is 0.957 bits per heavy atom. The van der Waals surface area contributed by atoms with E-state index in [0.29, 0.717) is 0 Å². The van der Waals surface area contributed by atoms with Crippen LogP contribution in [0.2, 0.25) is 0 Å². The molecule has 122 valence electrons. The molecule has 0 heterocycles. The fourth-order valence-electron chi connectivity index (χ4n) is 2.51. The lowest BCUT2D eigenvalue weighted by atomic mass is 10.1. The van der Waals surface area contributed by atoms with E-state index in [9.17, 15) is 4.79 Å². The van der Waals surface area contributed by atoms with Crippen molar-refractivity contribution >= 4 is 11.7 Å². The number of benzene rings is 2. The van der Waals surface area contributed by atoms with Gasteiger partial charge in [0.1, 0.15) is 0 Å². The van der Waals surface area contributed by atoms with Crippen molar-refractivity contribution in [1.82, 2.24) is 10.2 Å². The molecule has 0 bridgehead atoms. The number of hydrogen-bond donors (Lipinski definition) is 2. The van der Waals surface area contributed by atoms with Crippen LogP contribution < -0.4 is 10.6 Å². The third kappa shape index (κ3) is 5.42. The molecular weight excluding hydrogens is 286 g/mol. The van der Waals surface area contributed by atoms with Crippen molar-refractivity contribution in [3.63, 3.8) is 0 Å². The highest BCUT2D eigenvalue weighted by atomic mass is 16.2. The van der Waals surface area contributed by atoms with Crippen LogP contribution in [0.5, 0.6) is 0 Å². The second-order valence-electron chi connectivity index (χ2n) is 5.41. The number of nitrogens with zero attached hydrogens (tertiary/aromatic N) is 1. The van der Waals surface area contributed by atoms with Gasteiger partial charge in [0, 0.05) is 12.2 Å². The molecule has 2 aromatic carbocycles. The first-order chi connectivity index (χ1) is 11.2. The SMILES string of the molecule is CCN(CC)C[C@@H](NC(=O)Nc1ccccc1)c1ccccc1. The molecule has 23 heavy (non-hydrogen) atoms. The van der Waals surface area contributed by atoms with E-state index in [-0.39, 0.29) is 12.1 Å². The monoisotopic (exact) mass is 311 g/mol. The number of hydrogen-bond acceptors (Lipinski definition) is 2. The van der Waals surface area contributed by atoms with E-state index in [1.54, 1.807) is 0 Å². The molecule has 0 spiro atoms. The molecule has 0 saturated heterocycles. The van der Waals surface area contributed by atoms with Gasteiger partial charge in [0.25, 0.3) is 0 Å². The lowest BCUT2D eigenvalue weighted by Gasteiger charge is -2.26. The number of urea groups is 1. The molecule has 2 aromatic rings. The van der Waals surface area contributed by atoms with Crippen LogP contribution in [0, 0.1) is 0 Å². The van der Waals surface area contributed by atoms with Crippen LogP contribution in [-0.2, 0) is 0 Å². The quantitative estimate of drug-likeness (QED) is 0.815. The zero-order valence-electron chi connectivity index (χ0n) is 13.8. The molecule has 0 aliphatic rings. The number of carbonyl (C=O) groups excluding carboxylic acids is 1. The molecule has 2 rings (SSSR count). The second-order valence-corrected chi connectivity index (χ2v) is 5.41. The standard InChI is InChI=1S/C19H25N3O/c1-3-22(4-2)15-18(16-11-7-5-8-12-16)21-19(23)20-17-13-9-6-10-14-17/h5-14,18H,3-4,15H2,1-2H3,(H2,20,21,23)/t18-/m1/s1. The van der Waals surface area contributed by atoms with Crippen LogP contribution in [0.3, 0.4) is 0 Å². The van der Waals surface area contributed by atoms with Crippen LogP contribution in [-0.4, -0.2) is 30.6 Å². The maximum Gasteiger partial charge on any atom is 0.319 e. The first-order valence-electron chi connectivity index (χ1n) is 8.12. The lowest BCUT2D eigenvalue weighted by Crippen LogP contribution is -2.39. The first-order valence-corrected chi connectivity index (χ1v) is 8.12. The lowest BCUT2D eigenvalue weighted by molar-refractivity contribution is 0.235. The molecule has 0 aromatic heterocycles. The first kappa shape index (κ1) is 17.0. The minimum absolute atomic E-state index is 0.0418. The Labute approximate surface area is 138 Å². The highest BCUT2D eigenvalue weighted by molar-refractivity contribution is 5.89. The van der Waals surface area contributed by atoms with E-state index in [1.807, 2.05) is 48.5 Å². The molecule has 4 nitrogen and oxygen atoms in total. The van der Waals surface area contributed by atoms with E-state index in [1.165, 1.54) is 0 Å². The molecule has 0 radical (unpaired) electrons. The van der Waals surface area contributed by atoms with Gasteiger partial charge < -0.3 is 15.5 Å². The summed E-state index contributed by atoms with van der Waals surface area (Å²) in [5.41, 5.74) is 1.90. The Hall–Kier alpha value is -2.33. The van der Waals surface area contributed by atoms with Crippen molar-refractivity contribution in [3.8, 4) is 0 Å². The molecule has 0 unspecified atom stereocenters. The van der Waals surface area contributed by atoms with E-state index in [4.69, 9.17) is 0 Å². The van der Waals surface area contributed by atoms with Crippen molar-refractivity contribution in [1.29, 1.82) is 0 Å². The van der Waals surface area contributed by atoms with Gasteiger partial charge in [-0.25, -0.2) is 4.79 Å². The number of carbonyl (C=O) groups is 1. The van der Waals surface area contributed by atoms with Gasteiger partial charge in [-0.2, -0.15) is 0 Å². The molecule has 1 atom stereocenters. The number of rotatable bonds is 7. The van der Waals surface area contributed by atoms with Crippen molar-refractivity contribution in [2.75, 3.05) is 25.0 Å². The highest BCUT2D eigenvalue weighted by Gasteiger charge is 2.17. The van der Waals surface area contributed by atoms with E-state index in [0.717, 1.165) is 30.9 Å². The van der Waals surface area contributed by atoms with Gasteiger partial charge in [0.2, 0.25) is 0 Å². The van der Waals surface area contributed by atoms with Crippen LogP contribution in [0.15, 0.2) is 60.7 Å². The second kappa shape index (κ2) is 8.96. The van der Waals surface area contributed by atoms with Crippen LogP contribution in [0.4, 0.5) is 10.5 Å². The fourth-order valence-corrected chi connectivity index (χ4v) is 2.51. The Morgan fingerprint density at radius 3 is 2.09 bits per heavy atom. The van der Waals surface area contributed by atoms with Gasteiger partial charge >= 0.3 is 6.03 Å². The number of likely N-dealkylation sites (N-methyl/N-ethyl adjacent to an activating group) is 1. The number of amides is 2. The number of nitrogens with one attached hydrogen (secondary N) is 2. The van der Waals surface area contributed by atoms with Gasteiger partial charge in [0.15, 0.2) is 0 Å². The van der Waals surface area contributed by atoms with Crippen molar-refractivity contribution < 1.29 is 4.79 Å². The zero-order chi connectivity index (χ0) is 16.5. The van der Waals surface area contributed by atoms with Gasteiger partial charge in [-0.3, -0.25) is 0 Å². The zero-order valence-corrected chi connectivity index (χ0v) is 13.8. The number of anilines is 1. The summed E-state index contributed by atoms with van der Waals surface area (Å²) in [6.45, 7) is 6.98. The maximum atomic E-state index is 12.3. The molecular formula is C19H25N3O. The van der Waals surface area contributed by atoms with E-state index < -0.39 is 0 Å². The summed E-state index contributed by atoms with van der Waals surface area (Å²) in [6.07, 6.45) is 0. The van der Waals surface area contributed by atoms with Gasteiger partial charge in [-0.1, -0.05) is 62.4 Å². The molecule has 4 heteroatoms. The summed E-state index contributed by atoms with van der Waals surface area (Å²) in [4.78, 5) is 14.6. The third-order valence-electron chi connectivity index (χ3n) is 3.87. The van der Waals surface area contributed by atoms with E-state index >= 15 is 0 Å². The highest BCUT2D eigenvalue weighted by Crippen LogP contribution is 2.15. The minimum atomic E-state index is -0.183. The molecule has 0 aliphatic carbocycles. The predicted octanol–water partition coefficient (Wildman–Crippen LogP) is 3.89. The van der Waals surface area contributed by atoms with Gasteiger partial charge in [-0.05, 0) is 30.8 Å². The Bertz CT molecular complexity index is 582. The average molecular weight is 311 g/mol. The Kier molecular flexibility index (Phi) is 6.63. The fraction of sp³-hybridized carbons (Fsp3) is 0.316. The largest absolute Gasteiger partial charge is 0.330 e. The normalized spacial score (nSPS) is 12.0. The predicted molar refractivity (Wildman–Crippen MR) is 95.6 cm³/mol. The Morgan fingerprint density at radius 2 is 1.52 bits per heavy atom. The summed E-state index contributed by atoms with van der Waals surface area (Å²) in [5, 5.41) is 5.97. The Balaban J connectivity index is 2.06. The third-order valence-corrected chi connectivity index (χ3v) is 3.87. The summed E-state index contributed by atoms with van der Waals surface area (Å²) in [5.74, 6) is 0. The topological polar surface area (TPSA) is 44.4 Å². The van der Waals surface area contributed by atoms with Crippen molar-refractivity contribution in [2.45, 2.75) is 19.9 Å². The van der Waals surface area contributed by atoms with Gasteiger partial charge in [0.05, 0.1) is 6.04 Å². The maximum absolute atomic E-state index is 12.3. The van der Waals surface area contributed by atoms with E-state index in [2.05, 4.69) is 41.5 Å². The summed E-state index contributed by atoms with van der Waals surface area (Å²) < 4.78 is 0. The van der Waals surface area contributed by atoms with Crippen molar-refractivity contribution in [3.05, 3.63) is 66.2 Å². The number of para-hydroxylation sites is 1. The average Bonchev–Trinajstić information content (AvgIpc) is 2.60. The molecule has 2 amide bonds. The summed E-state index contributed by atoms with van der Waals surface area (Å²) in [6, 6.07) is 19.4.